The van der Waals surface area contributed by atoms with E-state index in [0.29, 0.717) is 17.2 Å². The summed E-state index contributed by atoms with van der Waals surface area (Å²) in [5.41, 5.74) is 10.4. The first-order chi connectivity index (χ1) is 24.7. The number of ketones is 1. The quantitative estimate of drug-likeness (QED) is 0.155. The normalized spacial score (nSPS) is 10.9. The predicted octanol–water partition coefficient (Wildman–Crippen LogP) is 11.1. The van der Waals surface area contributed by atoms with E-state index in [1.807, 2.05) is 133 Å². The fourth-order valence-corrected chi connectivity index (χ4v) is 6.32. The molecule has 8 aromatic rings. The third-order valence-electron chi connectivity index (χ3n) is 8.74. The first kappa shape index (κ1) is 30.5. The fourth-order valence-electron chi connectivity index (χ4n) is 6.32. The highest BCUT2D eigenvalue weighted by Crippen LogP contribution is 2.38. The van der Waals surface area contributed by atoms with Gasteiger partial charge in [-0.15, -0.1) is 0 Å². The van der Waals surface area contributed by atoms with Gasteiger partial charge in [0.05, 0.1) is 0 Å². The van der Waals surface area contributed by atoms with Crippen molar-refractivity contribution in [2.45, 2.75) is 0 Å². The second-order valence-corrected chi connectivity index (χ2v) is 12.0. The summed E-state index contributed by atoms with van der Waals surface area (Å²) in [6.45, 7) is 0. The van der Waals surface area contributed by atoms with Crippen molar-refractivity contribution in [1.29, 1.82) is 0 Å². The minimum Gasteiger partial charge on any atom is -0.285 e. The van der Waals surface area contributed by atoms with Crippen LogP contribution in [0.4, 0.5) is 0 Å². The number of rotatable bonds is 8. The van der Waals surface area contributed by atoms with Crippen LogP contribution in [0.2, 0.25) is 0 Å². The van der Waals surface area contributed by atoms with Gasteiger partial charge in [-0.25, -0.2) is 15.0 Å². The van der Waals surface area contributed by atoms with Crippen molar-refractivity contribution < 1.29 is 4.79 Å². The van der Waals surface area contributed by atoms with Crippen molar-refractivity contribution in [1.82, 2.24) is 15.0 Å². The average Bonchev–Trinajstić information content (AvgIpc) is 3.21. The minimum absolute atomic E-state index is 0.0912. The van der Waals surface area contributed by atoms with Crippen LogP contribution >= 0.6 is 0 Å². The summed E-state index contributed by atoms with van der Waals surface area (Å²) in [5, 5.41) is 0. The van der Waals surface area contributed by atoms with Gasteiger partial charge in [0.25, 0.3) is 0 Å². The Balaban J connectivity index is 1.34. The maximum absolute atomic E-state index is 14.7. The summed E-state index contributed by atoms with van der Waals surface area (Å²) in [7, 11) is 0. The van der Waals surface area contributed by atoms with Crippen molar-refractivity contribution in [2.24, 2.45) is 0 Å². The van der Waals surface area contributed by atoms with Crippen LogP contribution < -0.4 is 0 Å². The molecule has 0 fully saturated rings. The molecule has 50 heavy (non-hydrogen) atoms. The van der Waals surface area contributed by atoms with E-state index in [1.165, 1.54) is 0 Å². The first-order valence-corrected chi connectivity index (χ1v) is 16.6. The summed E-state index contributed by atoms with van der Waals surface area (Å²) in [6, 6.07) is 62.8. The summed E-state index contributed by atoms with van der Waals surface area (Å²) in [6.07, 6.45) is 0. The summed E-state index contributed by atoms with van der Waals surface area (Å²) in [5.74, 6) is 0.707. The van der Waals surface area contributed by atoms with Crippen molar-refractivity contribution >= 4 is 5.78 Å². The lowest BCUT2D eigenvalue weighted by atomic mass is 9.88. The molecule has 0 aliphatic carbocycles. The van der Waals surface area contributed by atoms with Gasteiger partial charge in [0.1, 0.15) is 0 Å². The number of hydrogen-bond donors (Lipinski definition) is 0. The van der Waals surface area contributed by atoms with Crippen LogP contribution in [0, 0.1) is 0 Å². The number of nitrogens with zero attached hydrogens (tertiary/aromatic N) is 3. The van der Waals surface area contributed by atoms with Gasteiger partial charge >= 0.3 is 0 Å². The van der Waals surface area contributed by atoms with E-state index in [9.17, 15) is 4.79 Å². The first-order valence-electron chi connectivity index (χ1n) is 16.6. The van der Waals surface area contributed by atoms with Gasteiger partial charge < -0.3 is 0 Å². The molecule has 0 unspecified atom stereocenters. The maximum atomic E-state index is 14.7. The SMILES string of the molecule is O=C(c1cc(-c2ccccc2-c2ccccc2)cc(-c2ccccc2-c2ccccc2)c1)c1nc(-c2ccccc2)nc(-c2ccccc2)n1. The molecule has 0 saturated heterocycles. The average molecular weight is 642 g/mol. The Morgan fingerprint density at radius 1 is 0.320 bits per heavy atom. The molecule has 0 amide bonds. The summed E-state index contributed by atoms with van der Waals surface area (Å²) >= 11 is 0. The molecule has 8 rings (SSSR count). The van der Waals surface area contributed by atoms with Gasteiger partial charge in [0.15, 0.2) is 11.6 Å². The van der Waals surface area contributed by atoms with Gasteiger partial charge in [0.2, 0.25) is 11.6 Å². The summed E-state index contributed by atoms with van der Waals surface area (Å²) < 4.78 is 0. The molecule has 7 aromatic carbocycles. The minimum atomic E-state index is -0.278. The molecule has 0 bridgehead atoms. The Kier molecular flexibility index (Phi) is 8.40. The van der Waals surface area contributed by atoms with Crippen molar-refractivity contribution in [3.63, 3.8) is 0 Å². The second kappa shape index (κ2) is 13.8. The molecule has 0 N–H and O–H groups in total. The zero-order valence-corrected chi connectivity index (χ0v) is 27.1. The third-order valence-corrected chi connectivity index (χ3v) is 8.74. The number of aromatic nitrogens is 3. The van der Waals surface area contributed by atoms with E-state index >= 15 is 0 Å². The van der Waals surface area contributed by atoms with E-state index in [4.69, 9.17) is 15.0 Å². The van der Waals surface area contributed by atoms with Gasteiger partial charge in [-0.1, -0.05) is 170 Å². The molecule has 4 heteroatoms. The van der Waals surface area contributed by atoms with Crippen LogP contribution in [0.25, 0.3) is 67.3 Å². The van der Waals surface area contributed by atoms with Gasteiger partial charge in [-0.2, -0.15) is 0 Å². The number of carbonyl (C=O) groups excluding carboxylic acids is 1. The van der Waals surface area contributed by atoms with Crippen LogP contribution in [0.1, 0.15) is 16.2 Å². The van der Waals surface area contributed by atoms with Crippen molar-refractivity contribution in [3.05, 3.63) is 199 Å². The molecule has 0 spiro atoms. The van der Waals surface area contributed by atoms with Crippen LogP contribution in [0.15, 0.2) is 188 Å². The lowest BCUT2D eigenvalue weighted by molar-refractivity contribution is 0.102. The monoisotopic (exact) mass is 641 g/mol. The molecule has 236 valence electrons. The van der Waals surface area contributed by atoms with E-state index in [1.54, 1.807) is 0 Å². The van der Waals surface area contributed by atoms with Crippen LogP contribution in [-0.4, -0.2) is 20.7 Å². The van der Waals surface area contributed by atoms with Crippen molar-refractivity contribution in [3.8, 4) is 67.3 Å². The molecule has 1 heterocycles. The highest BCUT2D eigenvalue weighted by atomic mass is 16.1. The molecule has 0 radical (unpaired) electrons. The molecule has 0 aliphatic heterocycles. The summed E-state index contributed by atoms with van der Waals surface area (Å²) in [4.78, 5) is 29.1. The molecule has 0 saturated carbocycles. The van der Waals surface area contributed by atoms with Crippen LogP contribution in [0.5, 0.6) is 0 Å². The Morgan fingerprint density at radius 2 is 0.640 bits per heavy atom. The van der Waals surface area contributed by atoms with Gasteiger partial charge in [0, 0.05) is 16.7 Å². The van der Waals surface area contributed by atoms with Gasteiger partial charge in [-0.05, 0) is 62.7 Å². The predicted molar refractivity (Wildman–Crippen MR) is 202 cm³/mol. The van der Waals surface area contributed by atoms with Crippen molar-refractivity contribution in [2.75, 3.05) is 0 Å². The highest BCUT2D eigenvalue weighted by molar-refractivity contribution is 6.09. The van der Waals surface area contributed by atoms with Crippen LogP contribution in [0.3, 0.4) is 0 Å². The molecule has 4 nitrogen and oxygen atoms in total. The zero-order valence-electron chi connectivity index (χ0n) is 27.1. The Bertz CT molecular complexity index is 2270. The second-order valence-electron chi connectivity index (χ2n) is 12.0. The third kappa shape index (κ3) is 6.26. The Hall–Kier alpha value is -6.78. The Morgan fingerprint density at radius 3 is 1.02 bits per heavy atom. The molecule has 1 aromatic heterocycles. The number of carbonyl (C=O) groups is 1. The number of benzene rings is 7. The lowest BCUT2D eigenvalue weighted by Gasteiger charge is -2.16. The topological polar surface area (TPSA) is 55.7 Å². The molecule has 0 aliphatic rings. The van der Waals surface area contributed by atoms with E-state index in [2.05, 4.69) is 54.6 Å². The smallest absolute Gasteiger partial charge is 0.230 e. The number of hydrogen-bond acceptors (Lipinski definition) is 4. The molecule has 0 atom stereocenters. The lowest BCUT2D eigenvalue weighted by Crippen LogP contribution is -2.11. The largest absolute Gasteiger partial charge is 0.285 e. The Labute approximate surface area is 291 Å². The maximum Gasteiger partial charge on any atom is 0.230 e. The molecular formula is C46H31N3O. The highest BCUT2D eigenvalue weighted by Gasteiger charge is 2.21. The van der Waals surface area contributed by atoms with E-state index < -0.39 is 0 Å². The fraction of sp³-hybridized carbons (Fsp3) is 0. The van der Waals surface area contributed by atoms with E-state index in [-0.39, 0.29) is 11.6 Å². The van der Waals surface area contributed by atoms with Crippen LogP contribution in [-0.2, 0) is 0 Å². The molecular weight excluding hydrogens is 611 g/mol. The standard InChI is InChI=1S/C46H31N3O/c50-43(46-48-44(34-21-9-3-10-22-34)47-45(49-46)35-23-11-4-12-24-35)38-30-36(41-27-15-13-25-39(41)32-17-5-1-6-18-32)29-37(31-38)42-28-16-14-26-40(42)33-19-7-2-8-20-33/h1-31H. The van der Waals surface area contributed by atoms with Gasteiger partial charge in [-0.3, -0.25) is 4.79 Å². The van der Waals surface area contributed by atoms with E-state index in [0.717, 1.165) is 55.6 Å². The zero-order chi connectivity index (χ0) is 33.7.